The third-order valence-electron chi connectivity index (χ3n) is 7.51. The average molecular weight is 518 g/mol. The van der Waals surface area contributed by atoms with Gasteiger partial charge in [0.05, 0.1) is 30.0 Å². The number of anilines is 1. The minimum absolute atomic E-state index is 0.146. The largest absolute Gasteiger partial charge is 0.486 e. The van der Waals surface area contributed by atoms with Gasteiger partial charge in [0.25, 0.3) is 0 Å². The zero-order valence-corrected chi connectivity index (χ0v) is 22.5. The van der Waals surface area contributed by atoms with E-state index in [1.165, 1.54) is 0 Å². The summed E-state index contributed by atoms with van der Waals surface area (Å²) in [5, 5.41) is 13.9. The lowest BCUT2D eigenvalue weighted by molar-refractivity contribution is -0.143. The van der Waals surface area contributed by atoms with Crippen molar-refractivity contribution in [2.24, 2.45) is 5.41 Å². The second-order valence-corrected chi connectivity index (χ2v) is 11.2. The topological polar surface area (TPSA) is 94.7 Å². The molecule has 1 atom stereocenters. The van der Waals surface area contributed by atoms with E-state index >= 15 is 0 Å². The van der Waals surface area contributed by atoms with Crippen LogP contribution in [0.2, 0.25) is 0 Å². The van der Waals surface area contributed by atoms with Gasteiger partial charge in [-0.2, -0.15) is 5.26 Å². The Bertz CT molecular complexity index is 1340. The molecule has 2 fully saturated rings. The smallest absolute Gasteiger partial charge is 0.411 e. The second kappa shape index (κ2) is 10.7. The van der Waals surface area contributed by atoms with Crippen molar-refractivity contribution >= 4 is 22.7 Å². The van der Waals surface area contributed by atoms with E-state index < -0.39 is 6.09 Å². The highest BCUT2D eigenvalue weighted by Gasteiger charge is 2.29. The van der Waals surface area contributed by atoms with Crippen LogP contribution in [0.3, 0.4) is 0 Å². The van der Waals surface area contributed by atoms with Gasteiger partial charge in [-0.3, -0.25) is 5.32 Å². The first-order chi connectivity index (χ1) is 18.2. The molecule has 2 aliphatic rings. The summed E-state index contributed by atoms with van der Waals surface area (Å²) in [6.45, 7) is 9.24. The fraction of sp³-hybridized carbons (Fsp3) is 0.467. The molecule has 1 unspecified atom stereocenters. The van der Waals surface area contributed by atoms with Crippen molar-refractivity contribution in [3.05, 3.63) is 48.0 Å². The number of amides is 1. The van der Waals surface area contributed by atoms with Crippen molar-refractivity contribution in [2.45, 2.75) is 65.2 Å². The first-order valence-corrected chi connectivity index (χ1v) is 13.2. The predicted molar refractivity (Wildman–Crippen MR) is 145 cm³/mol. The van der Waals surface area contributed by atoms with Gasteiger partial charge in [0, 0.05) is 23.2 Å². The van der Waals surface area contributed by atoms with E-state index in [4.69, 9.17) is 18.9 Å². The van der Waals surface area contributed by atoms with Crippen LogP contribution in [0.15, 0.2) is 42.5 Å². The van der Waals surface area contributed by atoms with Gasteiger partial charge in [-0.05, 0) is 61.4 Å². The quantitative estimate of drug-likeness (QED) is 0.394. The van der Waals surface area contributed by atoms with Gasteiger partial charge in [0.1, 0.15) is 30.8 Å². The number of nitrogens with zero attached hydrogens (tertiary/aromatic N) is 2. The number of carbonyl (C=O) groups is 1. The van der Waals surface area contributed by atoms with Crippen LogP contribution in [0.25, 0.3) is 22.2 Å². The van der Waals surface area contributed by atoms with Crippen LogP contribution in [-0.2, 0) is 14.2 Å². The Kier molecular flexibility index (Phi) is 7.33. The molecule has 200 valence electrons. The maximum absolute atomic E-state index is 12.4. The number of aromatic nitrogens is 1. The van der Waals surface area contributed by atoms with E-state index in [-0.39, 0.29) is 17.6 Å². The van der Waals surface area contributed by atoms with Crippen molar-refractivity contribution < 1.29 is 23.7 Å². The molecule has 1 aliphatic carbocycles. The lowest BCUT2D eigenvalue weighted by Crippen LogP contribution is -2.33. The summed E-state index contributed by atoms with van der Waals surface area (Å²) < 4.78 is 24.7. The molecule has 1 saturated heterocycles. The van der Waals surface area contributed by atoms with E-state index in [9.17, 15) is 10.1 Å². The summed E-state index contributed by atoms with van der Waals surface area (Å²) in [6.07, 6.45) is 2.41. The van der Waals surface area contributed by atoms with Gasteiger partial charge >= 0.3 is 6.09 Å². The SMILES string of the molecule is CC(OC(=O)Nc1ccc(-c2c(C#N)c3ccc(OC4COCOC4)cc3n2C2CCC2)cc1)C(C)(C)C. The van der Waals surface area contributed by atoms with Crippen LogP contribution in [0.4, 0.5) is 10.5 Å². The number of benzene rings is 2. The lowest BCUT2D eigenvalue weighted by atomic mass is 9.90. The van der Waals surface area contributed by atoms with E-state index in [2.05, 4.69) is 16.0 Å². The first kappa shape index (κ1) is 26.1. The van der Waals surface area contributed by atoms with E-state index in [0.29, 0.717) is 37.3 Å². The number of ether oxygens (including phenoxy) is 4. The first-order valence-electron chi connectivity index (χ1n) is 13.2. The summed E-state index contributed by atoms with van der Waals surface area (Å²) in [7, 11) is 0. The molecule has 8 heteroatoms. The zero-order chi connectivity index (χ0) is 26.9. The van der Waals surface area contributed by atoms with E-state index in [1.807, 2.05) is 70.2 Å². The van der Waals surface area contributed by atoms with E-state index in [1.54, 1.807) is 0 Å². The summed E-state index contributed by atoms with van der Waals surface area (Å²) in [5.41, 5.74) is 3.93. The fourth-order valence-electron chi connectivity index (χ4n) is 4.71. The molecule has 1 saturated carbocycles. The molecule has 0 bridgehead atoms. The van der Waals surface area contributed by atoms with E-state index in [0.717, 1.165) is 47.2 Å². The Hall–Kier alpha value is -3.54. The highest BCUT2D eigenvalue weighted by Crippen LogP contribution is 2.43. The maximum Gasteiger partial charge on any atom is 0.411 e. The molecule has 1 aromatic heterocycles. The van der Waals surface area contributed by atoms with Crippen molar-refractivity contribution in [3.8, 4) is 23.1 Å². The summed E-state index contributed by atoms with van der Waals surface area (Å²) in [4.78, 5) is 12.4. The number of rotatable bonds is 6. The summed E-state index contributed by atoms with van der Waals surface area (Å²) >= 11 is 0. The van der Waals surface area contributed by atoms with Gasteiger partial charge in [-0.15, -0.1) is 0 Å². The lowest BCUT2D eigenvalue weighted by Gasteiger charge is -2.30. The normalized spacial score (nSPS) is 17.4. The number of nitriles is 1. The third-order valence-corrected chi connectivity index (χ3v) is 7.51. The molecule has 38 heavy (non-hydrogen) atoms. The molecule has 1 N–H and O–H groups in total. The summed E-state index contributed by atoms with van der Waals surface area (Å²) in [6, 6.07) is 16.3. The molecule has 2 heterocycles. The number of hydrogen-bond acceptors (Lipinski definition) is 6. The van der Waals surface area contributed by atoms with Crippen molar-refractivity contribution in [1.29, 1.82) is 5.26 Å². The predicted octanol–water partition coefficient (Wildman–Crippen LogP) is 6.64. The minimum atomic E-state index is -0.484. The van der Waals surface area contributed by atoms with Crippen molar-refractivity contribution in [3.63, 3.8) is 0 Å². The van der Waals surface area contributed by atoms with Gasteiger partial charge in [-0.1, -0.05) is 32.9 Å². The molecule has 0 radical (unpaired) electrons. The van der Waals surface area contributed by atoms with Gasteiger partial charge in [0.2, 0.25) is 0 Å². The van der Waals surface area contributed by atoms with Crippen LogP contribution in [0, 0.1) is 16.7 Å². The number of carbonyl (C=O) groups excluding carboxylic acids is 1. The van der Waals surface area contributed by atoms with Gasteiger partial charge < -0.3 is 23.5 Å². The zero-order valence-electron chi connectivity index (χ0n) is 22.5. The number of nitrogens with one attached hydrogen (secondary N) is 1. The second-order valence-electron chi connectivity index (χ2n) is 11.2. The van der Waals surface area contributed by atoms with Crippen LogP contribution >= 0.6 is 0 Å². The Labute approximate surface area is 223 Å². The monoisotopic (exact) mass is 517 g/mol. The molecule has 8 nitrogen and oxygen atoms in total. The van der Waals surface area contributed by atoms with Crippen LogP contribution < -0.4 is 10.1 Å². The molecular formula is C30H35N3O5. The highest BCUT2D eigenvalue weighted by atomic mass is 16.7. The molecule has 0 spiro atoms. The van der Waals surface area contributed by atoms with Crippen LogP contribution in [0.5, 0.6) is 5.75 Å². The fourth-order valence-corrected chi connectivity index (χ4v) is 4.71. The minimum Gasteiger partial charge on any atom is -0.486 e. The van der Waals surface area contributed by atoms with Gasteiger partial charge in [-0.25, -0.2) is 4.79 Å². The third kappa shape index (κ3) is 5.35. The molecule has 1 aliphatic heterocycles. The summed E-state index contributed by atoms with van der Waals surface area (Å²) in [5.74, 6) is 0.730. The number of fused-ring (bicyclic) bond motifs is 1. The van der Waals surface area contributed by atoms with Crippen molar-refractivity contribution in [1.82, 2.24) is 4.57 Å². The molecule has 1 amide bonds. The Morgan fingerprint density at radius 1 is 1.13 bits per heavy atom. The van der Waals surface area contributed by atoms with Gasteiger partial charge in [0.15, 0.2) is 0 Å². The Morgan fingerprint density at radius 2 is 1.84 bits per heavy atom. The molecule has 2 aromatic carbocycles. The van der Waals surface area contributed by atoms with Crippen LogP contribution in [-0.4, -0.2) is 42.9 Å². The Balaban J connectivity index is 1.45. The highest BCUT2D eigenvalue weighted by molar-refractivity contribution is 5.96. The maximum atomic E-state index is 12.4. The molecule has 3 aromatic rings. The molecule has 5 rings (SSSR count). The standard InChI is InChI=1S/C30H35N3O5/c1-19(30(2,3)4)37-29(34)32-21-10-8-20(9-11-21)28-26(15-31)25-13-12-23(38-24-16-35-18-36-17-24)14-27(25)33(28)22-6-5-7-22/h8-14,19,22,24H,5-7,16-18H2,1-4H3,(H,32,34). The van der Waals surface area contributed by atoms with Crippen molar-refractivity contribution in [2.75, 3.05) is 25.3 Å². The van der Waals surface area contributed by atoms with Crippen LogP contribution in [0.1, 0.15) is 58.6 Å². The Morgan fingerprint density at radius 3 is 2.45 bits per heavy atom. The number of hydrogen-bond donors (Lipinski definition) is 1. The average Bonchev–Trinajstić information content (AvgIpc) is 3.16. The molecular weight excluding hydrogens is 482 g/mol.